The average Bonchev–Trinajstić information content (AvgIpc) is 2.36. The zero-order valence-corrected chi connectivity index (χ0v) is 12.2. The van der Waals surface area contributed by atoms with Gasteiger partial charge in [0, 0.05) is 20.3 Å². The van der Waals surface area contributed by atoms with Crippen molar-refractivity contribution in [1.29, 1.82) is 0 Å². The summed E-state index contributed by atoms with van der Waals surface area (Å²) in [7, 11) is -1.37. The molecule has 0 spiro atoms. The summed E-state index contributed by atoms with van der Waals surface area (Å²) in [6.45, 7) is 3.01. The lowest BCUT2D eigenvalue weighted by atomic mass is 10.3. The molecule has 0 saturated carbocycles. The maximum atomic E-state index is 11.6. The first-order chi connectivity index (χ1) is 8.86. The van der Waals surface area contributed by atoms with Crippen molar-refractivity contribution in [3.8, 4) is 0 Å². The average molecular weight is 295 g/mol. The molecule has 110 valence electrons. The van der Waals surface area contributed by atoms with E-state index >= 15 is 0 Å². The van der Waals surface area contributed by atoms with Gasteiger partial charge in [0.1, 0.15) is 5.76 Å². The number of phosphoric ester groups is 1. The van der Waals surface area contributed by atoms with Gasteiger partial charge in [0.05, 0.1) is 13.2 Å². The normalized spacial score (nSPS) is 11.9. The van der Waals surface area contributed by atoms with Crippen LogP contribution in [0.2, 0.25) is 0 Å². The number of nitrogens with one attached hydrogen (secondary N) is 1. The van der Waals surface area contributed by atoms with Crippen LogP contribution in [0, 0.1) is 0 Å². The number of hydrogen-bond acceptors (Lipinski definition) is 7. The molecule has 0 heterocycles. The van der Waals surface area contributed by atoms with E-state index in [1.807, 2.05) is 0 Å². The fraction of sp³-hybridized carbons (Fsp3) is 0.600. The number of ketones is 1. The molecule has 0 aromatic rings. The molecular weight excluding hydrogens is 277 g/mol. The van der Waals surface area contributed by atoms with Gasteiger partial charge in [-0.05, 0) is 13.8 Å². The number of carbonyl (C=O) groups excluding carboxylic acids is 2. The molecule has 0 aliphatic rings. The Morgan fingerprint density at radius 1 is 1.26 bits per heavy atom. The summed E-state index contributed by atoms with van der Waals surface area (Å²) in [5.41, 5.74) is 0. The van der Waals surface area contributed by atoms with Gasteiger partial charge in [-0.3, -0.25) is 13.8 Å². The van der Waals surface area contributed by atoms with Gasteiger partial charge in [-0.15, -0.1) is 0 Å². The number of ether oxygens (including phenoxy) is 1. The first kappa shape index (κ1) is 17.6. The number of carbonyl (C=O) groups is 2. The first-order valence-electron chi connectivity index (χ1n) is 5.39. The molecule has 1 amide bonds. The van der Waals surface area contributed by atoms with Gasteiger partial charge in [0.25, 0.3) is 0 Å². The lowest BCUT2D eigenvalue weighted by molar-refractivity contribution is -0.113. The van der Waals surface area contributed by atoms with Gasteiger partial charge in [-0.1, -0.05) is 0 Å². The number of alkyl carbamates (subject to hydrolysis) is 1. The predicted octanol–water partition coefficient (Wildman–Crippen LogP) is 1.62. The Hall–Kier alpha value is -1.37. The highest BCUT2D eigenvalue weighted by atomic mass is 31.2. The number of rotatable bonds is 8. The van der Waals surface area contributed by atoms with Crippen molar-refractivity contribution in [2.45, 2.75) is 13.8 Å². The third kappa shape index (κ3) is 7.61. The van der Waals surface area contributed by atoms with Gasteiger partial charge < -0.3 is 14.6 Å². The van der Waals surface area contributed by atoms with E-state index in [4.69, 9.17) is 4.52 Å². The first-order valence-corrected chi connectivity index (χ1v) is 6.85. The molecule has 0 radical (unpaired) electrons. The maximum Gasteiger partial charge on any atom is 0.529 e. The molecule has 0 aliphatic heterocycles. The van der Waals surface area contributed by atoms with Crippen LogP contribution in [0.25, 0.3) is 0 Å². The quantitative estimate of drug-likeness (QED) is 0.412. The van der Waals surface area contributed by atoms with Crippen molar-refractivity contribution in [2.24, 2.45) is 0 Å². The Morgan fingerprint density at radius 3 is 2.32 bits per heavy atom. The minimum absolute atomic E-state index is 0.0442. The minimum atomic E-state index is -3.67. The molecule has 0 atom stereocenters. The van der Waals surface area contributed by atoms with E-state index in [1.165, 1.54) is 6.92 Å². The summed E-state index contributed by atoms with van der Waals surface area (Å²) in [6, 6.07) is 0. The molecule has 0 saturated heterocycles. The summed E-state index contributed by atoms with van der Waals surface area (Å²) < 4.78 is 30.1. The van der Waals surface area contributed by atoms with E-state index in [9.17, 15) is 14.2 Å². The molecule has 0 aromatic carbocycles. The third-order valence-electron chi connectivity index (χ3n) is 1.75. The third-order valence-corrected chi connectivity index (χ3v) is 3.16. The highest BCUT2D eigenvalue weighted by Gasteiger charge is 2.24. The Morgan fingerprint density at radius 2 is 1.84 bits per heavy atom. The number of phosphoric acid groups is 1. The van der Waals surface area contributed by atoms with Crippen molar-refractivity contribution < 1.29 is 32.5 Å². The van der Waals surface area contributed by atoms with E-state index in [0.29, 0.717) is 0 Å². The second kappa shape index (κ2) is 8.68. The predicted molar refractivity (Wildman–Crippen MR) is 66.5 cm³/mol. The van der Waals surface area contributed by atoms with Gasteiger partial charge in [-0.2, -0.15) is 0 Å². The Kier molecular flexibility index (Phi) is 8.06. The van der Waals surface area contributed by atoms with E-state index in [2.05, 4.69) is 19.1 Å². The van der Waals surface area contributed by atoms with Crippen LogP contribution < -0.4 is 5.32 Å². The summed E-state index contributed by atoms with van der Waals surface area (Å²) in [5.74, 6) is -0.410. The van der Waals surface area contributed by atoms with E-state index in [1.54, 1.807) is 6.92 Å². The van der Waals surface area contributed by atoms with Crippen molar-refractivity contribution >= 4 is 19.7 Å². The zero-order chi connectivity index (χ0) is 14.9. The lowest BCUT2D eigenvalue weighted by Crippen LogP contribution is -2.29. The molecule has 8 nitrogen and oxygen atoms in total. The maximum absolute atomic E-state index is 11.6. The molecule has 0 fully saturated rings. The fourth-order valence-electron chi connectivity index (χ4n) is 0.971. The number of allylic oxidation sites excluding steroid dienone is 1. The van der Waals surface area contributed by atoms with Crippen molar-refractivity contribution in [3.63, 3.8) is 0 Å². The lowest BCUT2D eigenvalue weighted by Gasteiger charge is -2.14. The summed E-state index contributed by atoms with van der Waals surface area (Å²) in [6.07, 6.45) is 0.374. The topological polar surface area (TPSA) is 100 Å². The molecular formula is C10H18NO7P. The zero-order valence-electron chi connectivity index (χ0n) is 11.3. The summed E-state index contributed by atoms with van der Waals surface area (Å²) in [4.78, 5) is 22.4. The standard InChI is InChI=1S/C10H18NO7P/c1-5-17-10(13)11-7-9(12)6-8(2)18-19(14,15-3)16-4/h6H,5,7H2,1-4H3,(H,11,13)/b8-6+. The van der Waals surface area contributed by atoms with Gasteiger partial charge in [0.15, 0.2) is 5.78 Å². The molecule has 0 unspecified atom stereocenters. The monoisotopic (exact) mass is 295 g/mol. The second-order valence-corrected chi connectivity index (χ2v) is 5.01. The molecule has 1 N–H and O–H groups in total. The van der Waals surface area contributed by atoms with Gasteiger partial charge in [0.2, 0.25) is 0 Å². The van der Waals surface area contributed by atoms with Crippen LogP contribution in [0.5, 0.6) is 0 Å². The molecule has 0 bridgehead atoms. The molecule has 19 heavy (non-hydrogen) atoms. The molecule has 0 rings (SSSR count). The van der Waals surface area contributed by atoms with Crippen LogP contribution in [0.3, 0.4) is 0 Å². The number of amides is 1. The largest absolute Gasteiger partial charge is 0.529 e. The van der Waals surface area contributed by atoms with Crippen molar-refractivity contribution in [3.05, 3.63) is 11.8 Å². The van der Waals surface area contributed by atoms with Gasteiger partial charge >= 0.3 is 13.9 Å². The summed E-state index contributed by atoms with van der Waals surface area (Å²) in [5, 5.41) is 2.24. The van der Waals surface area contributed by atoms with Crippen LogP contribution in [0.15, 0.2) is 11.8 Å². The highest BCUT2D eigenvalue weighted by molar-refractivity contribution is 7.48. The van der Waals surface area contributed by atoms with Crippen LogP contribution in [-0.2, 0) is 27.7 Å². The van der Waals surface area contributed by atoms with E-state index in [-0.39, 0.29) is 18.9 Å². The smallest absolute Gasteiger partial charge is 0.450 e. The van der Waals surface area contributed by atoms with Crippen molar-refractivity contribution in [1.82, 2.24) is 5.32 Å². The Balaban J connectivity index is 4.32. The second-order valence-electron chi connectivity index (χ2n) is 3.20. The van der Waals surface area contributed by atoms with Crippen LogP contribution in [-0.4, -0.2) is 39.2 Å². The number of hydrogen-bond donors (Lipinski definition) is 1. The van der Waals surface area contributed by atoms with E-state index in [0.717, 1.165) is 20.3 Å². The Labute approximate surface area is 111 Å². The molecule has 0 aliphatic carbocycles. The van der Waals surface area contributed by atoms with Crippen LogP contribution in [0.4, 0.5) is 4.79 Å². The van der Waals surface area contributed by atoms with Crippen LogP contribution in [0.1, 0.15) is 13.8 Å². The highest BCUT2D eigenvalue weighted by Crippen LogP contribution is 2.49. The van der Waals surface area contributed by atoms with Crippen molar-refractivity contribution in [2.75, 3.05) is 27.4 Å². The minimum Gasteiger partial charge on any atom is -0.450 e. The van der Waals surface area contributed by atoms with Gasteiger partial charge in [-0.25, -0.2) is 9.36 Å². The fourth-order valence-corrected chi connectivity index (χ4v) is 1.67. The Bertz CT molecular complexity index is 385. The van der Waals surface area contributed by atoms with Crippen LogP contribution >= 0.6 is 7.82 Å². The summed E-state index contributed by atoms with van der Waals surface area (Å²) >= 11 is 0. The SMILES string of the molecule is CCOC(=O)NCC(=O)/C=C(\C)OP(=O)(OC)OC. The molecule has 9 heteroatoms. The van der Waals surface area contributed by atoms with E-state index < -0.39 is 19.7 Å². The molecule has 0 aromatic heterocycles.